The lowest BCUT2D eigenvalue weighted by molar-refractivity contribution is 0.145. The van der Waals surface area contributed by atoms with Crippen LogP contribution in [0.5, 0.6) is 11.5 Å². The fourth-order valence-corrected chi connectivity index (χ4v) is 2.53. The van der Waals surface area contributed by atoms with E-state index in [9.17, 15) is 8.78 Å². The summed E-state index contributed by atoms with van der Waals surface area (Å²) in [6.45, 7) is 0.836. The maximum Gasteiger partial charge on any atom is 0.282 e. The molecular weight excluding hydrogens is 340 g/mol. The number of aromatic nitrogens is 2. The molecule has 1 aromatic heterocycles. The van der Waals surface area contributed by atoms with Gasteiger partial charge >= 0.3 is 0 Å². The summed E-state index contributed by atoms with van der Waals surface area (Å²) >= 11 is 0. The molecule has 136 valence electrons. The SMILES string of the molecule is COc1ccc(-n2nc(C(F)F)cc2-c2ccc(OCCN)cc2)cc1. The zero-order valence-corrected chi connectivity index (χ0v) is 14.2. The van der Waals surface area contributed by atoms with Crippen LogP contribution in [0, 0.1) is 0 Å². The van der Waals surface area contributed by atoms with E-state index in [0.717, 1.165) is 5.56 Å². The Balaban J connectivity index is 1.99. The maximum atomic E-state index is 13.2. The molecule has 7 heteroatoms. The Kier molecular flexibility index (Phi) is 5.48. The highest BCUT2D eigenvalue weighted by molar-refractivity contribution is 5.64. The molecule has 26 heavy (non-hydrogen) atoms. The Hall–Kier alpha value is -2.93. The number of methoxy groups -OCH3 is 1. The lowest BCUT2D eigenvalue weighted by atomic mass is 10.1. The average Bonchev–Trinajstić information content (AvgIpc) is 3.12. The molecule has 0 saturated carbocycles. The van der Waals surface area contributed by atoms with Crippen LogP contribution in [-0.4, -0.2) is 30.0 Å². The Morgan fingerprint density at radius 1 is 1.04 bits per heavy atom. The smallest absolute Gasteiger partial charge is 0.282 e. The van der Waals surface area contributed by atoms with Crippen molar-refractivity contribution in [2.24, 2.45) is 5.73 Å². The molecule has 1 heterocycles. The highest BCUT2D eigenvalue weighted by Gasteiger charge is 2.18. The Bertz CT molecular complexity index is 846. The van der Waals surface area contributed by atoms with Crippen LogP contribution in [0.2, 0.25) is 0 Å². The van der Waals surface area contributed by atoms with E-state index < -0.39 is 6.43 Å². The van der Waals surface area contributed by atoms with Crippen molar-refractivity contribution in [2.75, 3.05) is 20.3 Å². The average molecular weight is 359 g/mol. The van der Waals surface area contributed by atoms with E-state index in [1.807, 2.05) is 0 Å². The molecule has 0 saturated heterocycles. The number of halogens is 2. The van der Waals surface area contributed by atoms with Crippen molar-refractivity contribution in [1.29, 1.82) is 0 Å². The molecule has 0 aliphatic heterocycles. The summed E-state index contributed by atoms with van der Waals surface area (Å²) < 4.78 is 38.5. The molecule has 0 amide bonds. The molecule has 3 rings (SSSR count). The predicted molar refractivity (Wildman–Crippen MR) is 95.1 cm³/mol. The van der Waals surface area contributed by atoms with Gasteiger partial charge in [-0.25, -0.2) is 13.5 Å². The predicted octanol–water partition coefficient (Wildman–Crippen LogP) is 3.82. The van der Waals surface area contributed by atoms with Gasteiger partial charge in [0.1, 0.15) is 23.8 Å². The van der Waals surface area contributed by atoms with E-state index in [0.29, 0.717) is 36.0 Å². The highest BCUT2D eigenvalue weighted by atomic mass is 19.3. The summed E-state index contributed by atoms with van der Waals surface area (Å²) in [4.78, 5) is 0. The van der Waals surface area contributed by atoms with Crippen molar-refractivity contribution < 1.29 is 18.3 Å². The number of hydrogen-bond acceptors (Lipinski definition) is 4. The summed E-state index contributed by atoms with van der Waals surface area (Å²) in [6.07, 6.45) is -2.65. The summed E-state index contributed by atoms with van der Waals surface area (Å²) in [5.74, 6) is 1.35. The van der Waals surface area contributed by atoms with Gasteiger partial charge in [-0.05, 0) is 54.6 Å². The summed E-state index contributed by atoms with van der Waals surface area (Å²) in [6, 6.07) is 15.6. The lowest BCUT2D eigenvalue weighted by Gasteiger charge is -2.10. The third-order valence-corrected chi connectivity index (χ3v) is 3.81. The molecule has 0 aliphatic carbocycles. The van der Waals surface area contributed by atoms with E-state index in [2.05, 4.69) is 5.10 Å². The van der Waals surface area contributed by atoms with Crippen molar-refractivity contribution in [3.05, 3.63) is 60.3 Å². The van der Waals surface area contributed by atoms with Crippen LogP contribution in [0.15, 0.2) is 54.6 Å². The third-order valence-electron chi connectivity index (χ3n) is 3.81. The second-order valence-corrected chi connectivity index (χ2v) is 5.53. The van der Waals surface area contributed by atoms with Gasteiger partial charge in [0.15, 0.2) is 0 Å². The molecule has 0 aliphatic rings. The van der Waals surface area contributed by atoms with Gasteiger partial charge in [-0.2, -0.15) is 5.10 Å². The van der Waals surface area contributed by atoms with E-state index in [1.165, 1.54) is 10.7 Å². The van der Waals surface area contributed by atoms with Crippen molar-refractivity contribution in [3.8, 4) is 28.4 Å². The lowest BCUT2D eigenvalue weighted by Crippen LogP contribution is -2.10. The van der Waals surface area contributed by atoms with Crippen LogP contribution in [0.4, 0.5) is 8.78 Å². The summed E-state index contributed by atoms with van der Waals surface area (Å²) in [7, 11) is 1.57. The van der Waals surface area contributed by atoms with Crippen LogP contribution in [-0.2, 0) is 0 Å². The largest absolute Gasteiger partial charge is 0.497 e. The highest BCUT2D eigenvalue weighted by Crippen LogP contribution is 2.29. The van der Waals surface area contributed by atoms with Crippen LogP contribution >= 0.6 is 0 Å². The normalized spacial score (nSPS) is 11.0. The number of hydrogen-bond donors (Lipinski definition) is 1. The monoisotopic (exact) mass is 359 g/mol. The van der Waals surface area contributed by atoms with Crippen LogP contribution in [0.3, 0.4) is 0 Å². The van der Waals surface area contributed by atoms with E-state index >= 15 is 0 Å². The minimum Gasteiger partial charge on any atom is -0.497 e. The molecule has 2 N–H and O–H groups in total. The van der Waals surface area contributed by atoms with E-state index in [-0.39, 0.29) is 5.69 Å². The van der Waals surface area contributed by atoms with Crippen molar-refractivity contribution >= 4 is 0 Å². The standard InChI is InChI=1S/C19H19F2N3O2/c1-25-15-8-4-14(5-9-15)24-18(12-17(23-24)19(20)21)13-2-6-16(7-3-13)26-11-10-22/h2-9,12,19H,10-11,22H2,1H3. The Labute approximate surface area is 150 Å². The molecule has 0 bridgehead atoms. The number of nitrogens with zero attached hydrogens (tertiary/aromatic N) is 2. The van der Waals surface area contributed by atoms with Gasteiger partial charge in [-0.3, -0.25) is 0 Å². The molecule has 5 nitrogen and oxygen atoms in total. The molecule has 3 aromatic rings. The minimum absolute atomic E-state index is 0.278. The van der Waals surface area contributed by atoms with Gasteiger partial charge in [0.25, 0.3) is 6.43 Å². The van der Waals surface area contributed by atoms with Crippen LogP contribution in [0.25, 0.3) is 16.9 Å². The Morgan fingerprint density at radius 2 is 1.69 bits per heavy atom. The first-order chi connectivity index (χ1) is 12.6. The third kappa shape index (κ3) is 3.83. The first-order valence-corrected chi connectivity index (χ1v) is 8.08. The van der Waals surface area contributed by atoms with Gasteiger partial charge in [0.2, 0.25) is 0 Å². The summed E-state index contributed by atoms with van der Waals surface area (Å²) in [5.41, 5.74) is 7.12. The van der Waals surface area contributed by atoms with Gasteiger partial charge < -0.3 is 15.2 Å². The maximum absolute atomic E-state index is 13.2. The van der Waals surface area contributed by atoms with Gasteiger partial charge in [0, 0.05) is 12.1 Å². The fraction of sp³-hybridized carbons (Fsp3) is 0.211. The first-order valence-electron chi connectivity index (χ1n) is 8.08. The summed E-state index contributed by atoms with van der Waals surface area (Å²) in [5, 5.41) is 4.06. The second kappa shape index (κ2) is 7.97. The number of alkyl halides is 2. The zero-order valence-electron chi connectivity index (χ0n) is 14.2. The van der Waals surface area contributed by atoms with E-state index in [1.54, 1.807) is 55.6 Å². The molecule has 0 fully saturated rings. The van der Waals surface area contributed by atoms with Gasteiger partial charge in [0.05, 0.1) is 18.5 Å². The molecule has 0 spiro atoms. The first kappa shape index (κ1) is 17.9. The van der Waals surface area contributed by atoms with E-state index in [4.69, 9.17) is 15.2 Å². The topological polar surface area (TPSA) is 62.3 Å². The number of ether oxygens (including phenoxy) is 2. The van der Waals surface area contributed by atoms with Gasteiger partial charge in [-0.1, -0.05) is 0 Å². The Morgan fingerprint density at radius 3 is 2.27 bits per heavy atom. The fourth-order valence-electron chi connectivity index (χ4n) is 2.53. The van der Waals surface area contributed by atoms with Gasteiger partial charge in [-0.15, -0.1) is 0 Å². The molecule has 0 unspecified atom stereocenters. The number of rotatable bonds is 7. The van der Waals surface area contributed by atoms with Crippen LogP contribution in [0.1, 0.15) is 12.1 Å². The van der Waals surface area contributed by atoms with Crippen molar-refractivity contribution in [1.82, 2.24) is 9.78 Å². The molecular formula is C19H19F2N3O2. The zero-order chi connectivity index (χ0) is 18.5. The van der Waals surface area contributed by atoms with Crippen LogP contribution < -0.4 is 15.2 Å². The molecule has 0 radical (unpaired) electrons. The minimum atomic E-state index is -2.65. The molecule has 0 atom stereocenters. The van der Waals surface area contributed by atoms with Crippen molar-refractivity contribution in [3.63, 3.8) is 0 Å². The quantitative estimate of drug-likeness (QED) is 0.697. The van der Waals surface area contributed by atoms with Crippen molar-refractivity contribution in [2.45, 2.75) is 6.43 Å². The number of benzene rings is 2. The number of nitrogens with two attached hydrogens (primary N) is 1. The molecule has 2 aromatic carbocycles. The second-order valence-electron chi connectivity index (χ2n) is 5.53.